The Morgan fingerprint density at radius 3 is 2.81 bits per heavy atom. The maximum absolute atomic E-state index is 5.28. The monoisotopic (exact) mass is 283 g/mol. The smallest absolute Gasteiger partial charge is 0.119 e. The zero-order chi connectivity index (χ0) is 14.7. The fourth-order valence-electron chi connectivity index (χ4n) is 2.71. The van der Waals surface area contributed by atoms with Gasteiger partial charge in [0.05, 0.1) is 18.5 Å². The van der Waals surface area contributed by atoms with Crippen LogP contribution in [0.2, 0.25) is 0 Å². The molecule has 1 aliphatic carbocycles. The highest BCUT2D eigenvalue weighted by Crippen LogP contribution is 2.37. The van der Waals surface area contributed by atoms with E-state index in [-0.39, 0.29) is 0 Å². The topological polar surface area (TPSA) is 47.0 Å². The molecule has 0 unspecified atom stereocenters. The molecule has 0 atom stereocenters. The van der Waals surface area contributed by atoms with Crippen molar-refractivity contribution in [1.82, 2.24) is 15.3 Å². The summed E-state index contributed by atoms with van der Waals surface area (Å²) in [5.41, 5.74) is 3.34. The number of nitrogens with one attached hydrogen (secondary N) is 1. The van der Waals surface area contributed by atoms with Gasteiger partial charge in [0.2, 0.25) is 0 Å². The molecule has 0 spiro atoms. The zero-order valence-corrected chi connectivity index (χ0v) is 12.5. The quantitative estimate of drug-likeness (QED) is 0.916. The van der Waals surface area contributed by atoms with Crippen LogP contribution in [0.4, 0.5) is 0 Å². The van der Waals surface area contributed by atoms with E-state index in [0.717, 1.165) is 23.7 Å². The minimum atomic E-state index is 0.573. The first-order valence-electron chi connectivity index (χ1n) is 7.39. The van der Waals surface area contributed by atoms with Crippen LogP contribution in [0, 0.1) is 6.92 Å². The molecule has 0 bridgehead atoms. The van der Waals surface area contributed by atoms with Crippen LogP contribution in [0.25, 0.3) is 0 Å². The Kier molecular flexibility index (Phi) is 4.15. The molecule has 4 nitrogen and oxygen atoms in total. The van der Waals surface area contributed by atoms with Crippen molar-refractivity contribution >= 4 is 0 Å². The predicted octanol–water partition coefficient (Wildman–Crippen LogP) is 2.83. The highest BCUT2D eigenvalue weighted by molar-refractivity contribution is 5.32. The van der Waals surface area contributed by atoms with Crippen molar-refractivity contribution in [3.8, 4) is 5.75 Å². The Hall–Kier alpha value is -1.94. The van der Waals surface area contributed by atoms with E-state index in [1.54, 1.807) is 7.11 Å². The second-order valence-electron chi connectivity index (χ2n) is 5.67. The second kappa shape index (κ2) is 6.22. The molecule has 0 radical (unpaired) electrons. The standard InChI is InChI=1S/C17H21N3O/c1-12-9-19-16(10-18-12)11-20-15-6-14(7-15)13-4-3-5-17(8-13)21-2/h3-5,8-10,14-15,20H,6-7,11H2,1-2H3. The van der Waals surface area contributed by atoms with Crippen LogP contribution >= 0.6 is 0 Å². The number of nitrogens with zero attached hydrogens (tertiary/aromatic N) is 2. The fourth-order valence-corrected chi connectivity index (χ4v) is 2.71. The van der Waals surface area contributed by atoms with Crippen molar-refractivity contribution in [2.75, 3.05) is 7.11 Å². The van der Waals surface area contributed by atoms with Gasteiger partial charge in [-0.15, -0.1) is 0 Å². The van der Waals surface area contributed by atoms with E-state index in [9.17, 15) is 0 Å². The van der Waals surface area contributed by atoms with Crippen LogP contribution in [0.15, 0.2) is 36.7 Å². The molecule has 1 saturated carbocycles. The van der Waals surface area contributed by atoms with E-state index in [1.165, 1.54) is 18.4 Å². The number of aryl methyl sites for hydroxylation is 1. The molecule has 1 fully saturated rings. The summed E-state index contributed by atoms with van der Waals surface area (Å²) in [5, 5.41) is 3.55. The molecule has 1 heterocycles. The molecular weight excluding hydrogens is 262 g/mol. The Bertz CT molecular complexity index is 591. The van der Waals surface area contributed by atoms with Gasteiger partial charge in [0, 0.05) is 25.0 Å². The third-order valence-corrected chi connectivity index (χ3v) is 4.11. The molecular formula is C17H21N3O. The summed E-state index contributed by atoms with van der Waals surface area (Å²) in [4.78, 5) is 8.63. The summed E-state index contributed by atoms with van der Waals surface area (Å²) in [7, 11) is 1.72. The molecule has 3 rings (SSSR count). The summed E-state index contributed by atoms with van der Waals surface area (Å²) in [6, 6.07) is 8.97. The van der Waals surface area contributed by atoms with Gasteiger partial charge in [-0.25, -0.2) is 0 Å². The number of hydrogen-bond donors (Lipinski definition) is 1. The average molecular weight is 283 g/mol. The van der Waals surface area contributed by atoms with Gasteiger partial charge in [0.15, 0.2) is 0 Å². The summed E-state index contributed by atoms with van der Waals surface area (Å²) in [6.07, 6.45) is 6.01. The largest absolute Gasteiger partial charge is 0.497 e. The van der Waals surface area contributed by atoms with Crippen molar-refractivity contribution < 1.29 is 4.74 Å². The molecule has 0 aliphatic heterocycles. The van der Waals surface area contributed by atoms with Gasteiger partial charge in [-0.1, -0.05) is 12.1 Å². The number of rotatable bonds is 5. The van der Waals surface area contributed by atoms with Crippen LogP contribution < -0.4 is 10.1 Å². The number of benzene rings is 1. The molecule has 4 heteroatoms. The first-order valence-corrected chi connectivity index (χ1v) is 7.39. The Morgan fingerprint density at radius 2 is 2.10 bits per heavy atom. The maximum atomic E-state index is 5.28. The molecule has 21 heavy (non-hydrogen) atoms. The molecule has 0 amide bonds. The highest BCUT2D eigenvalue weighted by Gasteiger charge is 2.30. The van der Waals surface area contributed by atoms with Gasteiger partial charge in [-0.3, -0.25) is 9.97 Å². The van der Waals surface area contributed by atoms with Gasteiger partial charge in [-0.05, 0) is 43.4 Å². The third kappa shape index (κ3) is 3.39. The Labute approximate surface area is 125 Å². The van der Waals surface area contributed by atoms with E-state index >= 15 is 0 Å². The molecule has 1 aliphatic rings. The number of methoxy groups -OCH3 is 1. The number of aromatic nitrogens is 2. The van der Waals surface area contributed by atoms with E-state index in [4.69, 9.17) is 4.74 Å². The first-order chi connectivity index (χ1) is 10.2. The fraction of sp³-hybridized carbons (Fsp3) is 0.412. The molecule has 1 aromatic carbocycles. The summed E-state index contributed by atoms with van der Waals surface area (Å²) in [6.45, 7) is 2.75. The lowest BCUT2D eigenvalue weighted by Gasteiger charge is -2.36. The van der Waals surface area contributed by atoms with Crippen molar-refractivity contribution in [2.45, 2.75) is 38.3 Å². The molecule has 0 saturated heterocycles. The first kappa shape index (κ1) is 14.0. The van der Waals surface area contributed by atoms with Crippen LogP contribution in [0.1, 0.15) is 35.7 Å². The van der Waals surface area contributed by atoms with Gasteiger partial charge in [0.25, 0.3) is 0 Å². The van der Waals surface area contributed by atoms with Crippen molar-refractivity contribution in [2.24, 2.45) is 0 Å². The normalized spacial score (nSPS) is 20.9. The minimum absolute atomic E-state index is 0.573. The van der Waals surface area contributed by atoms with E-state index < -0.39 is 0 Å². The van der Waals surface area contributed by atoms with Gasteiger partial charge in [-0.2, -0.15) is 0 Å². The van der Waals surface area contributed by atoms with Crippen LogP contribution in [0.5, 0.6) is 5.75 Å². The molecule has 110 valence electrons. The molecule has 1 aromatic heterocycles. The Morgan fingerprint density at radius 1 is 1.24 bits per heavy atom. The van der Waals surface area contributed by atoms with Crippen LogP contribution in [0.3, 0.4) is 0 Å². The lowest BCUT2D eigenvalue weighted by molar-refractivity contribution is 0.287. The third-order valence-electron chi connectivity index (χ3n) is 4.11. The average Bonchev–Trinajstić information content (AvgIpc) is 2.48. The molecule has 1 N–H and O–H groups in total. The van der Waals surface area contributed by atoms with Gasteiger partial charge >= 0.3 is 0 Å². The molecule has 2 aromatic rings. The van der Waals surface area contributed by atoms with Crippen molar-refractivity contribution in [3.63, 3.8) is 0 Å². The SMILES string of the molecule is COc1cccc(C2CC(NCc3cnc(C)cn3)C2)c1. The summed E-state index contributed by atoms with van der Waals surface area (Å²) >= 11 is 0. The Balaban J connectivity index is 1.48. The highest BCUT2D eigenvalue weighted by atomic mass is 16.5. The minimum Gasteiger partial charge on any atom is -0.497 e. The van der Waals surface area contributed by atoms with Crippen LogP contribution in [-0.2, 0) is 6.54 Å². The summed E-state index contributed by atoms with van der Waals surface area (Å²) < 4.78 is 5.28. The van der Waals surface area contributed by atoms with Gasteiger partial charge < -0.3 is 10.1 Å². The van der Waals surface area contributed by atoms with Crippen LogP contribution in [-0.4, -0.2) is 23.1 Å². The summed E-state index contributed by atoms with van der Waals surface area (Å²) in [5.74, 6) is 1.58. The predicted molar refractivity (Wildman–Crippen MR) is 82.4 cm³/mol. The van der Waals surface area contributed by atoms with E-state index in [2.05, 4.69) is 33.5 Å². The maximum Gasteiger partial charge on any atom is 0.119 e. The van der Waals surface area contributed by atoms with E-state index in [1.807, 2.05) is 25.4 Å². The zero-order valence-electron chi connectivity index (χ0n) is 12.5. The van der Waals surface area contributed by atoms with Crippen molar-refractivity contribution in [3.05, 3.63) is 53.6 Å². The second-order valence-corrected chi connectivity index (χ2v) is 5.67. The number of ether oxygens (including phenoxy) is 1. The lowest BCUT2D eigenvalue weighted by atomic mass is 9.76. The lowest BCUT2D eigenvalue weighted by Crippen LogP contribution is -2.39. The number of hydrogen-bond acceptors (Lipinski definition) is 4. The van der Waals surface area contributed by atoms with Crippen molar-refractivity contribution in [1.29, 1.82) is 0 Å². The van der Waals surface area contributed by atoms with E-state index in [0.29, 0.717) is 12.0 Å². The van der Waals surface area contributed by atoms with Gasteiger partial charge in [0.1, 0.15) is 5.75 Å².